The summed E-state index contributed by atoms with van der Waals surface area (Å²) >= 11 is 0. The summed E-state index contributed by atoms with van der Waals surface area (Å²) in [4.78, 5) is -0.101. The van der Waals surface area contributed by atoms with E-state index >= 15 is 0 Å². The minimum absolute atomic E-state index is 0. The van der Waals surface area contributed by atoms with Crippen molar-refractivity contribution in [3.8, 4) is 0 Å². The van der Waals surface area contributed by atoms with E-state index in [4.69, 9.17) is 0 Å². The topological polar surface area (TPSA) is 57.2 Å². The molecule has 0 atom stereocenters. The summed E-state index contributed by atoms with van der Waals surface area (Å²) in [5, 5.41) is 0. The molecule has 0 spiro atoms. The molecule has 2 rings (SSSR count). The van der Waals surface area contributed by atoms with E-state index in [2.05, 4.69) is 0 Å². The first-order chi connectivity index (χ1) is 7.57. The van der Waals surface area contributed by atoms with E-state index in [-0.39, 0.29) is 23.8 Å². The zero-order valence-corrected chi connectivity index (χ0v) is 10.9. The quantitative estimate of drug-likeness (QED) is 0.529. The van der Waals surface area contributed by atoms with Crippen LogP contribution in [-0.2, 0) is 10.1 Å². The number of rotatable bonds is 2. The van der Waals surface area contributed by atoms with Crippen LogP contribution >= 0.6 is 0 Å². The van der Waals surface area contributed by atoms with E-state index in [1.54, 1.807) is 12.1 Å². The molecule has 88 valence electrons. The second-order valence-electron chi connectivity index (χ2n) is 4.36. The van der Waals surface area contributed by atoms with E-state index in [9.17, 15) is 13.0 Å². The SMILES string of the molecule is O=S(=O)([O-])c1cccc(C2CCCCC2)c1.[Li+]. The molecular formula is C12H15LiO3S. The van der Waals surface area contributed by atoms with Crippen LogP contribution in [-0.4, -0.2) is 13.0 Å². The van der Waals surface area contributed by atoms with Gasteiger partial charge in [0.15, 0.2) is 0 Å². The largest absolute Gasteiger partial charge is 1.00 e. The van der Waals surface area contributed by atoms with Crippen LogP contribution in [0.1, 0.15) is 43.6 Å². The fraction of sp³-hybridized carbons (Fsp3) is 0.500. The van der Waals surface area contributed by atoms with Crippen LogP contribution in [0.25, 0.3) is 0 Å². The standard InChI is InChI=1S/C12H16O3S.Li/c13-16(14,15)12-8-4-7-11(9-12)10-5-2-1-3-6-10;/h4,7-10H,1-3,5-6H2,(H,13,14,15);/q;+1/p-1. The summed E-state index contributed by atoms with van der Waals surface area (Å²) in [5.74, 6) is 0.426. The van der Waals surface area contributed by atoms with Gasteiger partial charge in [-0.1, -0.05) is 31.4 Å². The summed E-state index contributed by atoms with van der Waals surface area (Å²) in [6.07, 6.45) is 5.85. The van der Waals surface area contributed by atoms with Crippen LogP contribution in [0.5, 0.6) is 0 Å². The number of hydrogen-bond acceptors (Lipinski definition) is 3. The molecule has 0 heterocycles. The minimum Gasteiger partial charge on any atom is -0.744 e. The first kappa shape index (κ1) is 14.8. The van der Waals surface area contributed by atoms with Crippen LogP contribution in [0.15, 0.2) is 29.2 Å². The Morgan fingerprint density at radius 2 is 1.76 bits per heavy atom. The second kappa shape index (κ2) is 6.06. The Morgan fingerprint density at radius 1 is 1.12 bits per heavy atom. The molecule has 1 aliphatic rings. The Morgan fingerprint density at radius 3 is 2.35 bits per heavy atom. The molecule has 17 heavy (non-hydrogen) atoms. The number of hydrogen-bond donors (Lipinski definition) is 0. The van der Waals surface area contributed by atoms with Crippen molar-refractivity contribution in [3.05, 3.63) is 29.8 Å². The molecular weight excluding hydrogens is 231 g/mol. The van der Waals surface area contributed by atoms with E-state index in [1.165, 1.54) is 25.3 Å². The fourth-order valence-corrected chi connectivity index (χ4v) is 2.89. The van der Waals surface area contributed by atoms with Gasteiger partial charge in [0.05, 0.1) is 4.90 Å². The average Bonchev–Trinajstić information content (AvgIpc) is 2.29. The van der Waals surface area contributed by atoms with Gasteiger partial charge in [0.1, 0.15) is 10.1 Å². The molecule has 1 aromatic carbocycles. The van der Waals surface area contributed by atoms with E-state index in [1.807, 2.05) is 6.07 Å². The fourth-order valence-electron chi connectivity index (χ4n) is 2.36. The molecule has 0 amide bonds. The average molecular weight is 246 g/mol. The van der Waals surface area contributed by atoms with Gasteiger partial charge >= 0.3 is 18.9 Å². The van der Waals surface area contributed by atoms with Crippen molar-refractivity contribution in [1.29, 1.82) is 0 Å². The van der Waals surface area contributed by atoms with Gasteiger partial charge in [-0.05, 0) is 36.5 Å². The third-order valence-corrected chi connectivity index (χ3v) is 4.05. The van der Waals surface area contributed by atoms with Crippen LogP contribution < -0.4 is 18.9 Å². The Balaban J connectivity index is 0.00000144. The molecule has 0 unspecified atom stereocenters. The molecule has 3 nitrogen and oxygen atoms in total. The van der Waals surface area contributed by atoms with Crippen molar-refractivity contribution in [2.75, 3.05) is 0 Å². The normalized spacial score (nSPS) is 17.5. The van der Waals surface area contributed by atoms with Crippen molar-refractivity contribution < 1.29 is 31.8 Å². The van der Waals surface area contributed by atoms with Crippen LogP contribution in [0, 0.1) is 0 Å². The summed E-state index contributed by atoms with van der Waals surface area (Å²) in [7, 11) is -4.31. The summed E-state index contributed by atoms with van der Waals surface area (Å²) in [6, 6.07) is 6.49. The van der Waals surface area contributed by atoms with Gasteiger partial charge in [-0.3, -0.25) is 0 Å². The summed E-state index contributed by atoms with van der Waals surface area (Å²) < 4.78 is 32.7. The van der Waals surface area contributed by atoms with Gasteiger partial charge in [-0.15, -0.1) is 0 Å². The van der Waals surface area contributed by atoms with Gasteiger partial charge in [-0.25, -0.2) is 8.42 Å². The molecule has 0 aromatic heterocycles. The monoisotopic (exact) mass is 246 g/mol. The maximum absolute atomic E-state index is 10.9. The first-order valence-electron chi connectivity index (χ1n) is 5.63. The smallest absolute Gasteiger partial charge is 0.744 e. The third-order valence-electron chi connectivity index (χ3n) is 3.22. The Labute approximate surface area is 115 Å². The van der Waals surface area contributed by atoms with Crippen LogP contribution in [0.3, 0.4) is 0 Å². The summed E-state index contributed by atoms with van der Waals surface area (Å²) in [6.45, 7) is 0. The van der Waals surface area contributed by atoms with Crippen molar-refractivity contribution in [1.82, 2.24) is 0 Å². The van der Waals surface area contributed by atoms with Gasteiger partial charge in [0, 0.05) is 0 Å². The molecule has 1 fully saturated rings. The summed E-state index contributed by atoms with van der Waals surface area (Å²) in [5.41, 5.74) is 0.997. The predicted molar refractivity (Wildman–Crippen MR) is 60.2 cm³/mol. The van der Waals surface area contributed by atoms with E-state index in [0.717, 1.165) is 18.4 Å². The van der Waals surface area contributed by atoms with E-state index < -0.39 is 10.1 Å². The first-order valence-corrected chi connectivity index (χ1v) is 7.04. The van der Waals surface area contributed by atoms with Crippen LogP contribution in [0.4, 0.5) is 0 Å². The van der Waals surface area contributed by atoms with Gasteiger partial charge in [-0.2, -0.15) is 0 Å². The zero-order chi connectivity index (χ0) is 11.6. The molecule has 5 heteroatoms. The Kier molecular flexibility index (Phi) is 5.27. The van der Waals surface area contributed by atoms with E-state index in [0.29, 0.717) is 5.92 Å². The number of benzene rings is 1. The second-order valence-corrected chi connectivity index (χ2v) is 5.74. The van der Waals surface area contributed by atoms with Crippen LogP contribution in [0.2, 0.25) is 0 Å². The Hall–Kier alpha value is -0.273. The molecule has 0 bridgehead atoms. The van der Waals surface area contributed by atoms with Crippen molar-refractivity contribution in [3.63, 3.8) is 0 Å². The van der Waals surface area contributed by atoms with Crippen molar-refractivity contribution in [2.45, 2.75) is 42.9 Å². The van der Waals surface area contributed by atoms with Gasteiger partial charge < -0.3 is 4.55 Å². The molecule has 0 radical (unpaired) electrons. The maximum atomic E-state index is 10.9. The zero-order valence-electron chi connectivity index (χ0n) is 10.1. The Bertz CT molecular complexity index is 464. The van der Waals surface area contributed by atoms with Gasteiger partial charge in [0.2, 0.25) is 0 Å². The van der Waals surface area contributed by atoms with Crippen molar-refractivity contribution >= 4 is 10.1 Å². The molecule has 1 aliphatic carbocycles. The minimum atomic E-state index is -4.31. The molecule has 0 saturated heterocycles. The molecule has 0 N–H and O–H groups in total. The predicted octanol–water partition coefficient (Wildman–Crippen LogP) is -0.358. The third kappa shape index (κ3) is 3.85. The molecule has 1 saturated carbocycles. The maximum Gasteiger partial charge on any atom is 1.00 e. The molecule has 0 aliphatic heterocycles. The van der Waals surface area contributed by atoms with Gasteiger partial charge in [0.25, 0.3) is 0 Å². The van der Waals surface area contributed by atoms with Crippen molar-refractivity contribution in [2.24, 2.45) is 0 Å². The molecule has 1 aromatic rings.